The van der Waals surface area contributed by atoms with Crippen LogP contribution in [0.15, 0.2) is 65.8 Å². The average molecular weight is 391 g/mol. The molecular formula is C23H30N6. The fourth-order valence-corrected chi connectivity index (χ4v) is 3.78. The highest BCUT2D eigenvalue weighted by Gasteiger charge is 2.20. The van der Waals surface area contributed by atoms with Crippen molar-refractivity contribution in [2.75, 3.05) is 55.6 Å². The second-order valence-corrected chi connectivity index (χ2v) is 7.38. The van der Waals surface area contributed by atoms with Gasteiger partial charge in [-0.15, -0.1) is 0 Å². The van der Waals surface area contributed by atoms with Gasteiger partial charge in [-0.3, -0.25) is 0 Å². The Balaban J connectivity index is 1.35. The zero-order chi connectivity index (χ0) is 19.9. The molecule has 6 nitrogen and oxygen atoms in total. The maximum atomic E-state index is 4.90. The van der Waals surface area contributed by atoms with Crippen LogP contribution in [0.4, 0.5) is 11.5 Å². The Hall–Kier alpha value is -3.02. The molecule has 0 radical (unpaired) electrons. The van der Waals surface area contributed by atoms with Crippen molar-refractivity contribution < 1.29 is 0 Å². The van der Waals surface area contributed by atoms with E-state index in [0.717, 1.165) is 57.6 Å². The van der Waals surface area contributed by atoms with Crippen LogP contribution in [-0.2, 0) is 6.54 Å². The molecule has 0 bridgehead atoms. The summed E-state index contributed by atoms with van der Waals surface area (Å²) in [4.78, 5) is 16.4. The summed E-state index contributed by atoms with van der Waals surface area (Å²) >= 11 is 0. The van der Waals surface area contributed by atoms with Crippen LogP contribution >= 0.6 is 0 Å². The molecule has 0 amide bonds. The van der Waals surface area contributed by atoms with E-state index >= 15 is 0 Å². The molecule has 0 saturated carbocycles. The van der Waals surface area contributed by atoms with Crippen LogP contribution in [-0.4, -0.2) is 61.7 Å². The minimum absolute atomic E-state index is 0.696. The maximum absolute atomic E-state index is 4.90. The standard InChI is InChI=1S/C23H30N6/c1-2-24-23(29-17-15-28(16-18-29)22-7-3-4-12-25-22)26-19-20-8-10-21(11-9-20)27-13-5-6-14-27/h3-12H,2,13-19H2,1H3,(H,24,26). The number of hydrogen-bond donors (Lipinski definition) is 1. The Bertz CT molecular complexity index is 814. The lowest BCUT2D eigenvalue weighted by molar-refractivity contribution is 0.371. The third-order valence-electron chi connectivity index (χ3n) is 5.42. The van der Waals surface area contributed by atoms with Gasteiger partial charge in [0.25, 0.3) is 0 Å². The van der Waals surface area contributed by atoms with Gasteiger partial charge in [0.2, 0.25) is 0 Å². The third kappa shape index (κ3) is 4.88. The van der Waals surface area contributed by atoms with Gasteiger partial charge in [-0.05, 0) is 36.8 Å². The van der Waals surface area contributed by atoms with Crippen molar-refractivity contribution in [1.29, 1.82) is 0 Å². The van der Waals surface area contributed by atoms with Crippen molar-refractivity contribution in [1.82, 2.24) is 15.2 Å². The number of anilines is 2. The van der Waals surface area contributed by atoms with Crippen molar-refractivity contribution in [3.63, 3.8) is 0 Å². The minimum atomic E-state index is 0.696. The van der Waals surface area contributed by atoms with E-state index in [9.17, 15) is 0 Å². The summed E-state index contributed by atoms with van der Waals surface area (Å²) in [5.41, 5.74) is 2.52. The SMILES string of the molecule is CCNC(=NCc1ccc(N2CC=CC2)cc1)N1CCN(c2ccccn2)CC1. The van der Waals surface area contributed by atoms with Crippen molar-refractivity contribution in [3.05, 3.63) is 66.4 Å². The molecule has 3 heterocycles. The van der Waals surface area contributed by atoms with Crippen LogP contribution in [0.25, 0.3) is 0 Å². The number of aromatic nitrogens is 1. The van der Waals surface area contributed by atoms with Crippen molar-refractivity contribution >= 4 is 17.5 Å². The molecule has 0 unspecified atom stereocenters. The first-order chi connectivity index (χ1) is 14.3. The molecule has 0 aliphatic carbocycles. The molecule has 6 heteroatoms. The van der Waals surface area contributed by atoms with E-state index in [-0.39, 0.29) is 0 Å². The summed E-state index contributed by atoms with van der Waals surface area (Å²) in [6, 6.07) is 14.9. The molecule has 0 spiro atoms. The molecule has 1 aromatic heterocycles. The lowest BCUT2D eigenvalue weighted by atomic mass is 10.2. The number of nitrogens with zero attached hydrogens (tertiary/aromatic N) is 5. The normalized spacial score (nSPS) is 17.1. The second-order valence-electron chi connectivity index (χ2n) is 7.38. The van der Waals surface area contributed by atoms with E-state index in [1.165, 1.54) is 11.3 Å². The van der Waals surface area contributed by atoms with Crippen molar-refractivity contribution in [2.24, 2.45) is 4.99 Å². The third-order valence-corrected chi connectivity index (χ3v) is 5.42. The molecule has 1 saturated heterocycles. The number of hydrogen-bond acceptors (Lipinski definition) is 4. The molecule has 2 aliphatic rings. The molecule has 1 N–H and O–H groups in total. The van der Waals surface area contributed by atoms with Gasteiger partial charge in [-0.25, -0.2) is 9.98 Å². The fraction of sp³-hybridized carbons (Fsp3) is 0.391. The fourth-order valence-electron chi connectivity index (χ4n) is 3.78. The van der Waals surface area contributed by atoms with Gasteiger partial charge in [0, 0.05) is 57.7 Å². The monoisotopic (exact) mass is 390 g/mol. The van der Waals surface area contributed by atoms with Gasteiger partial charge in [0.1, 0.15) is 5.82 Å². The summed E-state index contributed by atoms with van der Waals surface area (Å²) in [6.07, 6.45) is 6.29. The molecule has 2 aliphatic heterocycles. The molecule has 0 atom stereocenters. The first-order valence-corrected chi connectivity index (χ1v) is 10.5. The number of aliphatic imine (C=N–C) groups is 1. The zero-order valence-electron chi connectivity index (χ0n) is 17.2. The van der Waals surface area contributed by atoms with Gasteiger partial charge in [-0.1, -0.05) is 30.4 Å². The second kappa shape index (κ2) is 9.45. The van der Waals surface area contributed by atoms with Crippen molar-refractivity contribution in [2.45, 2.75) is 13.5 Å². The van der Waals surface area contributed by atoms with Crippen LogP contribution in [0.3, 0.4) is 0 Å². The van der Waals surface area contributed by atoms with E-state index in [4.69, 9.17) is 4.99 Å². The Kier molecular flexibility index (Phi) is 6.29. The van der Waals surface area contributed by atoms with Gasteiger partial charge < -0.3 is 20.0 Å². The number of nitrogens with one attached hydrogen (secondary N) is 1. The van der Waals surface area contributed by atoms with E-state index in [1.807, 2.05) is 18.3 Å². The van der Waals surface area contributed by atoms with Gasteiger partial charge in [0.15, 0.2) is 5.96 Å². The van der Waals surface area contributed by atoms with Crippen LogP contribution in [0, 0.1) is 0 Å². The molecule has 1 fully saturated rings. The first-order valence-electron chi connectivity index (χ1n) is 10.5. The number of piperazine rings is 1. The highest BCUT2D eigenvalue weighted by Crippen LogP contribution is 2.18. The van der Waals surface area contributed by atoms with Gasteiger partial charge in [0.05, 0.1) is 6.54 Å². The van der Waals surface area contributed by atoms with Crippen LogP contribution in [0.1, 0.15) is 12.5 Å². The minimum Gasteiger partial charge on any atom is -0.364 e. The van der Waals surface area contributed by atoms with Crippen LogP contribution < -0.4 is 15.1 Å². The number of pyridine rings is 1. The molecule has 152 valence electrons. The Morgan fingerprint density at radius 2 is 1.72 bits per heavy atom. The first kappa shape index (κ1) is 19.3. The molecule has 4 rings (SSSR count). The predicted octanol–water partition coefficient (Wildman–Crippen LogP) is 2.75. The van der Waals surface area contributed by atoms with Gasteiger partial charge in [-0.2, -0.15) is 0 Å². The quantitative estimate of drug-likeness (QED) is 0.483. The maximum Gasteiger partial charge on any atom is 0.194 e. The average Bonchev–Trinajstić information content (AvgIpc) is 3.33. The summed E-state index contributed by atoms with van der Waals surface area (Å²) in [6.45, 7) is 9.52. The Labute approximate surface area is 173 Å². The Morgan fingerprint density at radius 3 is 2.38 bits per heavy atom. The number of benzene rings is 1. The summed E-state index contributed by atoms with van der Waals surface area (Å²) in [5.74, 6) is 2.06. The molecular weight excluding hydrogens is 360 g/mol. The topological polar surface area (TPSA) is 47.0 Å². The van der Waals surface area contributed by atoms with E-state index in [0.29, 0.717) is 6.54 Å². The smallest absolute Gasteiger partial charge is 0.194 e. The van der Waals surface area contributed by atoms with E-state index < -0.39 is 0 Å². The number of guanidine groups is 1. The highest BCUT2D eigenvalue weighted by molar-refractivity contribution is 5.80. The summed E-state index contributed by atoms with van der Waals surface area (Å²) < 4.78 is 0. The lowest BCUT2D eigenvalue weighted by Gasteiger charge is -2.37. The van der Waals surface area contributed by atoms with Crippen LogP contribution in [0.5, 0.6) is 0 Å². The molecule has 1 aromatic carbocycles. The zero-order valence-corrected chi connectivity index (χ0v) is 17.2. The number of rotatable bonds is 5. The summed E-state index contributed by atoms with van der Waals surface area (Å²) in [5, 5.41) is 3.46. The van der Waals surface area contributed by atoms with E-state index in [1.54, 1.807) is 0 Å². The lowest BCUT2D eigenvalue weighted by Crippen LogP contribution is -2.52. The highest BCUT2D eigenvalue weighted by atomic mass is 15.4. The van der Waals surface area contributed by atoms with Gasteiger partial charge >= 0.3 is 0 Å². The molecule has 2 aromatic rings. The molecule has 29 heavy (non-hydrogen) atoms. The Morgan fingerprint density at radius 1 is 0.966 bits per heavy atom. The summed E-state index contributed by atoms with van der Waals surface area (Å²) in [7, 11) is 0. The predicted molar refractivity (Wildman–Crippen MR) is 121 cm³/mol. The van der Waals surface area contributed by atoms with E-state index in [2.05, 4.69) is 74.4 Å². The largest absolute Gasteiger partial charge is 0.364 e. The van der Waals surface area contributed by atoms with Crippen molar-refractivity contribution in [3.8, 4) is 0 Å². The van der Waals surface area contributed by atoms with Crippen LogP contribution in [0.2, 0.25) is 0 Å².